The van der Waals surface area contributed by atoms with Gasteiger partial charge >= 0.3 is 0 Å². The number of nitrogens with zero attached hydrogens (tertiary/aromatic N) is 3. The molecule has 0 spiro atoms. The van der Waals surface area contributed by atoms with Crippen LogP contribution >= 0.6 is 35.2 Å². The van der Waals surface area contributed by atoms with E-state index in [4.69, 9.17) is 28.6 Å². The van der Waals surface area contributed by atoms with Crippen LogP contribution in [0.5, 0.6) is 5.75 Å². The lowest BCUT2D eigenvalue weighted by atomic mass is 10.2. The third-order valence-electron chi connectivity index (χ3n) is 2.88. The van der Waals surface area contributed by atoms with Gasteiger partial charge in [-0.2, -0.15) is 0 Å². The molecule has 2 aromatic rings. The van der Waals surface area contributed by atoms with Gasteiger partial charge in [0, 0.05) is 24.2 Å². The van der Waals surface area contributed by atoms with Gasteiger partial charge in [0.2, 0.25) is 5.13 Å². The van der Waals surface area contributed by atoms with Gasteiger partial charge in [0.05, 0.1) is 13.8 Å². The molecule has 0 saturated heterocycles. The lowest BCUT2D eigenvalue weighted by Gasteiger charge is -2.18. The Hall–Kier alpha value is -1.15. The summed E-state index contributed by atoms with van der Waals surface area (Å²) < 4.78 is 7.89. The Morgan fingerprint density at radius 2 is 2.29 bits per heavy atom. The molecule has 0 bridgehead atoms. The number of halogens is 1. The average molecular weight is 345 g/mol. The fourth-order valence-corrected chi connectivity index (χ4v) is 3.08. The highest BCUT2D eigenvalue weighted by molar-refractivity contribution is 7.73. The highest BCUT2D eigenvalue weighted by Crippen LogP contribution is 2.24. The van der Waals surface area contributed by atoms with Crippen LogP contribution < -0.4 is 10.1 Å². The minimum atomic E-state index is 0.604. The predicted molar refractivity (Wildman–Crippen MR) is 90.0 cm³/mol. The summed E-state index contributed by atoms with van der Waals surface area (Å²) in [5, 5.41) is 8.90. The summed E-state index contributed by atoms with van der Waals surface area (Å²) in [6, 6.07) is 5.61. The molecule has 1 aromatic carbocycles. The van der Waals surface area contributed by atoms with E-state index in [9.17, 15) is 0 Å². The van der Waals surface area contributed by atoms with Crippen molar-refractivity contribution in [2.75, 3.05) is 26.5 Å². The Morgan fingerprint density at radius 3 is 2.90 bits per heavy atom. The molecule has 114 valence electrons. The zero-order valence-electron chi connectivity index (χ0n) is 12.1. The number of anilines is 1. The second-order valence-corrected chi connectivity index (χ2v) is 6.59. The number of hydrogen-bond acceptors (Lipinski definition) is 6. The number of hydrogen-bond donors (Lipinski definition) is 1. The van der Waals surface area contributed by atoms with Crippen molar-refractivity contribution < 1.29 is 4.74 Å². The minimum Gasteiger partial charge on any atom is -0.496 e. The van der Waals surface area contributed by atoms with Gasteiger partial charge in [-0.3, -0.25) is 4.90 Å². The number of aromatic nitrogens is 2. The second-order valence-electron chi connectivity index (χ2n) is 4.53. The van der Waals surface area contributed by atoms with Crippen molar-refractivity contribution in [3.05, 3.63) is 32.7 Å². The molecule has 0 aliphatic rings. The van der Waals surface area contributed by atoms with Crippen molar-refractivity contribution in [3.63, 3.8) is 0 Å². The summed E-state index contributed by atoms with van der Waals surface area (Å²) in [4.78, 5) is 2.10. The predicted octanol–water partition coefficient (Wildman–Crippen LogP) is 3.47. The number of rotatable bonds is 6. The van der Waals surface area contributed by atoms with Gasteiger partial charge in [0.1, 0.15) is 5.75 Å². The molecule has 0 atom stereocenters. The van der Waals surface area contributed by atoms with Crippen molar-refractivity contribution in [1.29, 1.82) is 0 Å². The first-order valence-electron chi connectivity index (χ1n) is 6.30. The standard InChI is InChI=1S/C13H17ClN4OS2/c1-15-12-16-18(13(20)21-12)8-17(2)7-9-6-10(14)4-5-11(9)19-3/h4-6H,7-8H2,1-3H3,(H,15,16). The monoisotopic (exact) mass is 344 g/mol. The van der Waals surface area contributed by atoms with Gasteiger partial charge in [0.15, 0.2) is 3.95 Å². The fraction of sp³-hybridized carbons (Fsp3) is 0.385. The molecule has 2 rings (SSSR count). The molecule has 5 nitrogen and oxygen atoms in total. The van der Waals surface area contributed by atoms with Crippen LogP contribution in [-0.2, 0) is 13.2 Å². The van der Waals surface area contributed by atoms with E-state index in [1.165, 1.54) is 11.3 Å². The summed E-state index contributed by atoms with van der Waals surface area (Å²) in [7, 11) is 5.49. The van der Waals surface area contributed by atoms with E-state index in [0.717, 1.165) is 20.4 Å². The van der Waals surface area contributed by atoms with Crippen LogP contribution in [0.25, 0.3) is 0 Å². The zero-order chi connectivity index (χ0) is 15.4. The summed E-state index contributed by atoms with van der Waals surface area (Å²) >= 11 is 12.8. The Bertz CT molecular complexity index is 670. The Labute approximate surface area is 138 Å². The second kappa shape index (κ2) is 7.22. The Morgan fingerprint density at radius 1 is 1.52 bits per heavy atom. The van der Waals surface area contributed by atoms with E-state index in [2.05, 4.69) is 15.3 Å². The van der Waals surface area contributed by atoms with Crippen molar-refractivity contribution in [2.45, 2.75) is 13.2 Å². The molecule has 0 amide bonds. The molecule has 1 N–H and O–H groups in total. The molecule has 0 fully saturated rings. The molecule has 21 heavy (non-hydrogen) atoms. The van der Waals surface area contributed by atoms with E-state index < -0.39 is 0 Å². The maximum atomic E-state index is 6.05. The maximum absolute atomic E-state index is 6.05. The highest BCUT2D eigenvalue weighted by atomic mass is 35.5. The van der Waals surface area contributed by atoms with Crippen molar-refractivity contribution >= 4 is 40.3 Å². The van der Waals surface area contributed by atoms with Crippen LogP contribution in [0.4, 0.5) is 5.13 Å². The zero-order valence-corrected chi connectivity index (χ0v) is 14.5. The maximum Gasteiger partial charge on any atom is 0.204 e. The SMILES string of the molecule is CNc1nn(CN(C)Cc2cc(Cl)ccc2OC)c(=S)s1. The molecule has 8 heteroatoms. The smallest absolute Gasteiger partial charge is 0.204 e. The third kappa shape index (κ3) is 4.16. The first-order chi connectivity index (χ1) is 10.0. The van der Waals surface area contributed by atoms with Crippen molar-refractivity contribution in [2.24, 2.45) is 0 Å². The highest BCUT2D eigenvalue weighted by Gasteiger charge is 2.09. The first-order valence-corrected chi connectivity index (χ1v) is 7.90. The topological polar surface area (TPSA) is 42.3 Å². The van der Waals surface area contributed by atoms with Crippen LogP contribution in [0.2, 0.25) is 5.02 Å². The van der Waals surface area contributed by atoms with Gasteiger partial charge in [-0.15, -0.1) is 5.10 Å². The lowest BCUT2D eigenvalue weighted by Crippen LogP contribution is -2.22. The fourth-order valence-electron chi connectivity index (χ4n) is 1.94. The van der Waals surface area contributed by atoms with E-state index in [1.54, 1.807) is 11.8 Å². The summed E-state index contributed by atoms with van der Waals surface area (Å²) in [6.07, 6.45) is 0. The van der Waals surface area contributed by atoms with E-state index in [-0.39, 0.29) is 0 Å². The quantitative estimate of drug-likeness (QED) is 0.813. The number of methoxy groups -OCH3 is 1. The molecule has 0 unspecified atom stereocenters. The van der Waals surface area contributed by atoms with Crippen LogP contribution in [0.3, 0.4) is 0 Å². The normalized spacial score (nSPS) is 10.9. The summed E-state index contributed by atoms with van der Waals surface area (Å²) in [6.45, 7) is 1.30. The van der Waals surface area contributed by atoms with Crippen molar-refractivity contribution in [1.82, 2.24) is 14.7 Å². The van der Waals surface area contributed by atoms with Crippen LogP contribution in [0, 0.1) is 3.95 Å². The lowest BCUT2D eigenvalue weighted by molar-refractivity contribution is 0.242. The van der Waals surface area contributed by atoms with E-state index in [0.29, 0.717) is 18.2 Å². The van der Waals surface area contributed by atoms with Crippen LogP contribution in [-0.4, -0.2) is 35.9 Å². The molecule has 0 saturated carbocycles. The third-order valence-corrected chi connectivity index (χ3v) is 4.44. The van der Waals surface area contributed by atoms with Gasteiger partial charge in [0.25, 0.3) is 0 Å². The Balaban J connectivity index is 2.11. The molecule has 1 aromatic heterocycles. The van der Waals surface area contributed by atoms with Crippen molar-refractivity contribution in [3.8, 4) is 5.75 Å². The molecule has 1 heterocycles. The Kier molecular flexibility index (Phi) is 5.58. The molecular weight excluding hydrogens is 328 g/mol. The van der Waals surface area contributed by atoms with Gasteiger partial charge < -0.3 is 10.1 Å². The number of benzene rings is 1. The van der Waals surface area contributed by atoms with Crippen LogP contribution in [0.1, 0.15) is 5.56 Å². The van der Waals surface area contributed by atoms with Gasteiger partial charge in [-0.05, 0) is 37.5 Å². The first kappa shape index (κ1) is 16.2. The minimum absolute atomic E-state index is 0.604. The average Bonchev–Trinajstić information content (AvgIpc) is 2.79. The summed E-state index contributed by atoms with van der Waals surface area (Å²) in [5.41, 5.74) is 1.03. The summed E-state index contributed by atoms with van der Waals surface area (Å²) in [5.74, 6) is 0.823. The van der Waals surface area contributed by atoms with Gasteiger partial charge in [-0.25, -0.2) is 4.68 Å². The molecule has 0 radical (unpaired) electrons. The molecule has 0 aliphatic heterocycles. The largest absolute Gasteiger partial charge is 0.496 e. The van der Waals surface area contributed by atoms with E-state index in [1.807, 2.05) is 32.3 Å². The molecule has 0 aliphatic carbocycles. The van der Waals surface area contributed by atoms with Gasteiger partial charge in [-0.1, -0.05) is 22.9 Å². The number of nitrogens with one attached hydrogen (secondary N) is 1. The molecular formula is C13H17ClN4OS2. The van der Waals surface area contributed by atoms with E-state index >= 15 is 0 Å². The number of ether oxygens (including phenoxy) is 1. The van der Waals surface area contributed by atoms with Crippen LogP contribution in [0.15, 0.2) is 18.2 Å².